The van der Waals surface area contributed by atoms with Gasteiger partial charge >= 0.3 is 0 Å². The monoisotopic (exact) mass is 409 g/mol. The Bertz CT molecular complexity index is 1090. The number of hydrazine groups is 1. The van der Waals surface area contributed by atoms with Gasteiger partial charge in [0.05, 0.1) is 5.39 Å². The molecule has 0 atom stereocenters. The van der Waals surface area contributed by atoms with Crippen molar-refractivity contribution in [1.29, 1.82) is 0 Å². The molecule has 0 aliphatic carbocycles. The molecule has 0 saturated heterocycles. The lowest BCUT2D eigenvalue weighted by molar-refractivity contribution is 0.0939. The predicted molar refractivity (Wildman–Crippen MR) is 119 cm³/mol. The van der Waals surface area contributed by atoms with Crippen LogP contribution in [0.25, 0.3) is 10.8 Å². The van der Waals surface area contributed by atoms with Crippen molar-refractivity contribution in [2.24, 2.45) is 7.05 Å². The maximum Gasteiger partial charge on any atom is 0.290 e. The number of rotatable bonds is 5. The summed E-state index contributed by atoms with van der Waals surface area (Å²) in [6, 6.07) is 14.9. The van der Waals surface area contributed by atoms with Gasteiger partial charge < -0.3 is 5.32 Å². The third-order valence-electron chi connectivity index (χ3n) is 4.49. The number of anilines is 1. The van der Waals surface area contributed by atoms with Gasteiger partial charge in [-0.2, -0.15) is 5.10 Å². The Hall–Kier alpha value is -3.26. The van der Waals surface area contributed by atoms with Crippen molar-refractivity contribution in [2.45, 2.75) is 26.2 Å². The molecule has 3 N–H and O–H groups in total. The summed E-state index contributed by atoms with van der Waals surface area (Å²) in [4.78, 5) is 24.8. The van der Waals surface area contributed by atoms with Crippen molar-refractivity contribution in [1.82, 2.24) is 20.6 Å². The van der Waals surface area contributed by atoms with Crippen LogP contribution in [0.1, 0.15) is 35.8 Å². The molecule has 29 heavy (non-hydrogen) atoms. The number of carbonyl (C=O) groups excluding carboxylic acids is 1. The highest BCUT2D eigenvalue weighted by Crippen LogP contribution is 2.13. The average Bonchev–Trinajstić information content (AvgIpc) is 2.74. The number of unbranched alkanes of at least 4 members (excludes halogenated alkanes) is 1. The highest BCUT2D eigenvalue weighted by Gasteiger charge is 2.15. The number of aromatic nitrogens is 2. The lowest BCUT2D eigenvalue weighted by atomic mass is 10.1. The Kier molecular flexibility index (Phi) is 6.56. The molecule has 0 unspecified atom stereocenters. The van der Waals surface area contributed by atoms with Gasteiger partial charge in [0.1, 0.15) is 0 Å². The number of hydrogen-bond acceptors (Lipinski definition) is 4. The lowest BCUT2D eigenvalue weighted by Crippen LogP contribution is -2.44. The second-order valence-electron chi connectivity index (χ2n) is 6.66. The number of thiocarbonyl (C=S) groups is 1. The van der Waals surface area contributed by atoms with Gasteiger partial charge in [0.15, 0.2) is 10.8 Å². The summed E-state index contributed by atoms with van der Waals surface area (Å²) in [5, 5.41) is 8.26. The summed E-state index contributed by atoms with van der Waals surface area (Å²) in [6.07, 6.45) is 3.37. The zero-order valence-corrected chi connectivity index (χ0v) is 17.2. The predicted octanol–water partition coefficient (Wildman–Crippen LogP) is 2.91. The Morgan fingerprint density at radius 3 is 2.45 bits per heavy atom. The smallest absolute Gasteiger partial charge is 0.290 e. The summed E-state index contributed by atoms with van der Waals surface area (Å²) in [6.45, 7) is 2.17. The first-order valence-corrected chi connectivity index (χ1v) is 9.82. The Labute approximate surface area is 174 Å². The fraction of sp³-hybridized carbons (Fsp3) is 0.238. The molecular formula is C21H23N5O2S. The SMILES string of the molecule is CCCCc1ccc(NC(=S)NNC(=O)c2nn(C)c(=O)c3ccccc23)cc1. The molecule has 0 aliphatic rings. The molecule has 0 radical (unpaired) electrons. The number of nitrogens with one attached hydrogen (secondary N) is 3. The molecule has 150 valence electrons. The molecular weight excluding hydrogens is 386 g/mol. The van der Waals surface area contributed by atoms with Crippen LogP contribution in [0.3, 0.4) is 0 Å². The molecule has 3 aromatic rings. The van der Waals surface area contributed by atoms with E-state index < -0.39 is 5.91 Å². The zero-order valence-electron chi connectivity index (χ0n) is 16.4. The van der Waals surface area contributed by atoms with Gasteiger partial charge in [-0.25, -0.2) is 4.68 Å². The minimum atomic E-state index is -0.490. The van der Waals surface area contributed by atoms with E-state index in [1.54, 1.807) is 24.3 Å². The Morgan fingerprint density at radius 2 is 1.76 bits per heavy atom. The number of fused-ring (bicyclic) bond motifs is 1. The van der Waals surface area contributed by atoms with Crippen molar-refractivity contribution in [3.05, 3.63) is 70.1 Å². The molecule has 3 rings (SSSR count). The third-order valence-corrected chi connectivity index (χ3v) is 4.70. The average molecular weight is 410 g/mol. The maximum absolute atomic E-state index is 12.6. The number of hydrogen-bond donors (Lipinski definition) is 3. The van der Waals surface area contributed by atoms with Crippen LogP contribution in [0.15, 0.2) is 53.3 Å². The second kappa shape index (κ2) is 9.29. The van der Waals surface area contributed by atoms with Gasteiger partial charge in [0.2, 0.25) is 0 Å². The van der Waals surface area contributed by atoms with Gasteiger partial charge in [-0.15, -0.1) is 0 Å². The van der Waals surface area contributed by atoms with Gasteiger partial charge in [0.25, 0.3) is 11.5 Å². The number of amides is 1. The van der Waals surface area contributed by atoms with E-state index in [1.165, 1.54) is 12.6 Å². The lowest BCUT2D eigenvalue weighted by Gasteiger charge is -2.13. The molecule has 0 spiro atoms. The molecule has 0 saturated carbocycles. The first-order valence-electron chi connectivity index (χ1n) is 9.42. The van der Waals surface area contributed by atoms with Crippen LogP contribution in [0, 0.1) is 0 Å². The highest BCUT2D eigenvalue weighted by molar-refractivity contribution is 7.80. The summed E-state index contributed by atoms with van der Waals surface area (Å²) < 4.78 is 1.15. The Balaban J connectivity index is 1.64. The molecule has 1 amide bonds. The molecule has 1 heterocycles. The maximum atomic E-state index is 12.6. The molecule has 2 aromatic carbocycles. The van der Waals surface area contributed by atoms with Gasteiger partial charge in [-0.05, 0) is 48.8 Å². The first kappa shape index (κ1) is 20.5. The van der Waals surface area contributed by atoms with Crippen LogP contribution in [0.5, 0.6) is 0 Å². The summed E-state index contributed by atoms with van der Waals surface area (Å²) in [5.41, 5.74) is 7.17. The van der Waals surface area contributed by atoms with E-state index in [2.05, 4.69) is 40.3 Å². The molecule has 0 bridgehead atoms. The largest absolute Gasteiger partial charge is 0.331 e. The minimum Gasteiger partial charge on any atom is -0.331 e. The van der Waals surface area contributed by atoms with Gasteiger partial charge in [-0.3, -0.25) is 20.4 Å². The zero-order chi connectivity index (χ0) is 20.8. The number of benzene rings is 2. The first-order chi connectivity index (χ1) is 14.0. The van der Waals surface area contributed by atoms with Crippen LogP contribution >= 0.6 is 12.2 Å². The summed E-state index contributed by atoms with van der Waals surface area (Å²) >= 11 is 5.24. The highest BCUT2D eigenvalue weighted by atomic mass is 32.1. The number of carbonyl (C=O) groups is 1. The van der Waals surface area contributed by atoms with E-state index in [0.717, 1.165) is 29.6 Å². The topological polar surface area (TPSA) is 88.0 Å². The van der Waals surface area contributed by atoms with Crippen molar-refractivity contribution >= 4 is 39.7 Å². The van der Waals surface area contributed by atoms with Crippen LogP contribution in [0.2, 0.25) is 0 Å². The molecule has 1 aromatic heterocycles. The molecule has 7 nitrogen and oxygen atoms in total. The molecule has 0 aliphatic heterocycles. The van der Waals surface area contributed by atoms with E-state index in [4.69, 9.17) is 12.2 Å². The van der Waals surface area contributed by atoms with Crippen molar-refractivity contribution < 1.29 is 4.79 Å². The second-order valence-corrected chi connectivity index (χ2v) is 7.06. The van der Waals surface area contributed by atoms with E-state index in [-0.39, 0.29) is 16.4 Å². The van der Waals surface area contributed by atoms with E-state index in [0.29, 0.717) is 10.8 Å². The summed E-state index contributed by atoms with van der Waals surface area (Å²) in [5.74, 6) is -0.490. The molecule has 8 heteroatoms. The van der Waals surface area contributed by atoms with Crippen LogP contribution < -0.4 is 21.7 Å². The fourth-order valence-corrected chi connectivity index (χ4v) is 3.11. The number of nitrogens with zero attached hydrogens (tertiary/aromatic N) is 2. The number of aryl methyl sites for hydroxylation is 2. The van der Waals surface area contributed by atoms with Crippen LogP contribution in [0.4, 0.5) is 5.69 Å². The minimum absolute atomic E-state index is 0.137. The Morgan fingerprint density at radius 1 is 1.07 bits per heavy atom. The fourth-order valence-electron chi connectivity index (χ4n) is 2.94. The molecule has 0 fully saturated rings. The third kappa shape index (κ3) is 4.97. The van der Waals surface area contributed by atoms with E-state index in [1.807, 2.05) is 12.1 Å². The van der Waals surface area contributed by atoms with Crippen molar-refractivity contribution in [2.75, 3.05) is 5.32 Å². The van der Waals surface area contributed by atoms with Crippen LogP contribution in [-0.2, 0) is 13.5 Å². The normalized spacial score (nSPS) is 10.6. The van der Waals surface area contributed by atoms with E-state index >= 15 is 0 Å². The van der Waals surface area contributed by atoms with Crippen molar-refractivity contribution in [3.63, 3.8) is 0 Å². The van der Waals surface area contributed by atoms with Crippen LogP contribution in [-0.4, -0.2) is 20.8 Å². The van der Waals surface area contributed by atoms with Gasteiger partial charge in [0, 0.05) is 18.1 Å². The standard InChI is InChI=1S/C21H23N5O2S/c1-3-4-7-14-10-12-15(13-11-14)22-21(29)24-23-19(27)18-16-8-5-6-9-17(16)20(28)26(2)25-18/h5-6,8-13H,3-4,7H2,1-2H3,(H,23,27)(H2,22,24,29). The quantitative estimate of drug-likeness (QED) is 0.444. The van der Waals surface area contributed by atoms with E-state index in [9.17, 15) is 9.59 Å². The van der Waals surface area contributed by atoms with Gasteiger partial charge in [-0.1, -0.05) is 43.7 Å². The van der Waals surface area contributed by atoms with Crippen molar-refractivity contribution in [3.8, 4) is 0 Å². The summed E-state index contributed by atoms with van der Waals surface area (Å²) in [7, 11) is 1.51.